The van der Waals surface area contributed by atoms with E-state index in [4.69, 9.17) is 15.8 Å². The maximum Gasteiger partial charge on any atom is 0.0991 e. The fraction of sp³-hybridized carbons (Fsp3) is 0. The Morgan fingerprint density at radius 3 is 0.452 bits per heavy atom. The Balaban J connectivity index is 0.894. The van der Waals surface area contributed by atoms with Gasteiger partial charge in [-0.25, -0.2) is 0 Å². The van der Waals surface area contributed by atoms with Gasteiger partial charge >= 0.3 is 0 Å². The summed E-state index contributed by atoms with van der Waals surface area (Å²) in [5.41, 5.74) is 18.2. The van der Waals surface area contributed by atoms with Gasteiger partial charge in [0.2, 0.25) is 0 Å². The number of nitriles is 3. The third-order valence-electron chi connectivity index (χ3n) is 12.2. The first kappa shape index (κ1) is 47.7. The number of benzene rings is 9. The number of anilines is 3. The van der Waals surface area contributed by atoms with Crippen LogP contribution in [0, 0.1) is 34.0 Å². The molecule has 0 aromatic heterocycles. The molecule has 0 atom stereocenters. The van der Waals surface area contributed by atoms with Gasteiger partial charge in [-0.1, -0.05) is 219 Å². The highest BCUT2D eigenvalue weighted by Crippen LogP contribution is 2.35. The summed E-state index contributed by atoms with van der Waals surface area (Å²) in [5.74, 6) is 0. The van der Waals surface area contributed by atoms with Crippen molar-refractivity contribution in [1.29, 1.82) is 15.8 Å². The molecule has 0 amide bonds. The molecule has 9 aromatic rings. The van der Waals surface area contributed by atoms with Crippen LogP contribution in [0.25, 0.3) is 72.9 Å². The van der Waals surface area contributed by atoms with Crippen LogP contribution in [-0.4, -0.2) is 0 Å². The van der Waals surface area contributed by atoms with E-state index in [1.54, 1.807) is 0 Å². The van der Waals surface area contributed by atoms with Gasteiger partial charge in [0.1, 0.15) is 0 Å². The number of hydrogen-bond donors (Lipinski definition) is 0. The molecule has 0 saturated heterocycles. The third kappa shape index (κ3) is 13.5. The Bertz CT molecular complexity index is 3200. The highest BCUT2D eigenvalue weighted by molar-refractivity contribution is 5.82. The van der Waals surface area contributed by atoms with Crippen LogP contribution >= 0.6 is 0 Å². The van der Waals surface area contributed by atoms with Crippen LogP contribution in [-0.2, 0) is 0 Å². The lowest BCUT2D eigenvalue weighted by atomic mass is 10.1. The molecule has 73 heavy (non-hydrogen) atoms. The van der Waals surface area contributed by atoms with E-state index < -0.39 is 0 Å². The second kappa shape index (κ2) is 23.8. The molecule has 0 aliphatic heterocycles. The van der Waals surface area contributed by atoms with Crippen molar-refractivity contribution >= 4 is 90.0 Å². The van der Waals surface area contributed by atoms with Crippen molar-refractivity contribution in [3.63, 3.8) is 0 Å². The zero-order valence-corrected chi connectivity index (χ0v) is 40.0. The minimum Gasteiger partial charge on any atom is -0.311 e. The van der Waals surface area contributed by atoms with E-state index >= 15 is 0 Å². The molecule has 0 N–H and O–H groups in total. The summed E-state index contributed by atoms with van der Waals surface area (Å²) in [6.45, 7) is 0. The predicted molar refractivity (Wildman–Crippen MR) is 307 cm³/mol. The maximum atomic E-state index is 9.08. The van der Waals surface area contributed by atoms with Gasteiger partial charge in [-0.2, -0.15) is 15.8 Å². The second-order valence-corrected chi connectivity index (χ2v) is 17.3. The Hall–Kier alpha value is -10.3. The summed E-state index contributed by atoms with van der Waals surface area (Å²) in [7, 11) is 0. The van der Waals surface area contributed by atoms with Gasteiger partial charge in [0, 0.05) is 17.1 Å². The van der Waals surface area contributed by atoms with Crippen molar-refractivity contribution in [2.24, 2.45) is 0 Å². The zero-order chi connectivity index (χ0) is 50.0. The van der Waals surface area contributed by atoms with Crippen LogP contribution < -0.4 is 4.90 Å². The van der Waals surface area contributed by atoms with Gasteiger partial charge in [-0.3, -0.25) is 0 Å². The average molecular weight is 933 g/mol. The third-order valence-corrected chi connectivity index (χ3v) is 12.2. The lowest BCUT2D eigenvalue weighted by Gasteiger charge is -2.26. The van der Waals surface area contributed by atoms with Crippen LogP contribution in [0.5, 0.6) is 0 Å². The fourth-order valence-corrected chi connectivity index (χ4v) is 7.97. The number of rotatable bonds is 15. The number of hydrogen-bond acceptors (Lipinski definition) is 4. The van der Waals surface area contributed by atoms with Gasteiger partial charge in [0.25, 0.3) is 0 Å². The molecule has 0 heterocycles. The van der Waals surface area contributed by atoms with E-state index in [0.717, 1.165) is 83.8 Å². The summed E-state index contributed by atoms with van der Waals surface area (Å²) in [4.78, 5) is 2.28. The van der Waals surface area contributed by atoms with Crippen LogP contribution in [0.15, 0.2) is 218 Å². The molecule has 4 heteroatoms. The summed E-state index contributed by atoms with van der Waals surface area (Å²) in [6.07, 6.45) is 25.2. The first-order valence-electron chi connectivity index (χ1n) is 23.9. The molecule has 4 nitrogen and oxygen atoms in total. The molecule has 0 radical (unpaired) electrons. The topological polar surface area (TPSA) is 74.6 Å². The molecule has 0 saturated carbocycles. The van der Waals surface area contributed by atoms with E-state index in [-0.39, 0.29) is 0 Å². The zero-order valence-electron chi connectivity index (χ0n) is 40.0. The first-order valence-corrected chi connectivity index (χ1v) is 23.9. The minimum atomic E-state index is 0.656. The van der Waals surface area contributed by atoms with E-state index in [2.05, 4.69) is 242 Å². The molecule has 9 aromatic carbocycles. The van der Waals surface area contributed by atoms with Crippen LogP contribution in [0.1, 0.15) is 83.5 Å². The molecule has 344 valence electrons. The summed E-state index contributed by atoms with van der Waals surface area (Å²) in [6, 6.07) is 80.5. The Morgan fingerprint density at radius 2 is 0.315 bits per heavy atom. The van der Waals surface area contributed by atoms with Crippen molar-refractivity contribution in [2.75, 3.05) is 4.90 Å². The Labute approximate surface area is 428 Å². The van der Waals surface area contributed by atoms with Crippen LogP contribution in [0.2, 0.25) is 0 Å². The van der Waals surface area contributed by atoms with Gasteiger partial charge in [-0.15, -0.1) is 0 Å². The normalized spacial score (nSPS) is 11.5. The standard InChI is InChI=1S/C69H48N4/c70-49-64-31-25-58(26-32-64)16-13-52-1-7-55(8-2-52)19-22-61-37-43-67(44-38-61)73(68-45-39-62(40-46-68)23-20-56-9-3-53(4-10-56)14-17-59-27-33-65(50-71)34-28-59)69-47-41-63(42-48-69)24-21-57-11-5-54(6-12-57)15-18-60-29-35-66(51-72)36-30-60/h1-48H/b16-13+,17-14+,18-15+,22-19+,23-20+,24-21+. The lowest BCUT2D eigenvalue weighted by Crippen LogP contribution is -2.09. The summed E-state index contributed by atoms with van der Waals surface area (Å²) < 4.78 is 0. The highest BCUT2D eigenvalue weighted by Gasteiger charge is 2.13. The molecular formula is C69H48N4. The SMILES string of the molecule is N#Cc1ccc(/C=C/c2ccc(/C=C/c3ccc(N(c4ccc(/C=C/c5ccc(/C=C/c6ccc(C#N)cc6)cc5)cc4)c4ccc(/C=C/c5ccc(/C=C/c6ccc(C#N)cc6)cc5)cc4)cc3)cc2)cc1. The van der Waals surface area contributed by atoms with Gasteiger partial charge in [-0.05, 0) is 140 Å². The first-order chi connectivity index (χ1) is 35.9. The lowest BCUT2D eigenvalue weighted by molar-refractivity contribution is 1.28. The van der Waals surface area contributed by atoms with Crippen molar-refractivity contribution in [1.82, 2.24) is 0 Å². The monoisotopic (exact) mass is 932 g/mol. The molecule has 9 rings (SSSR count). The van der Waals surface area contributed by atoms with Gasteiger partial charge < -0.3 is 4.90 Å². The summed E-state index contributed by atoms with van der Waals surface area (Å²) >= 11 is 0. The summed E-state index contributed by atoms with van der Waals surface area (Å²) in [5, 5.41) is 27.3. The molecule has 0 aliphatic carbocycles. The molecule has 0 spiro atoms. The van der Waals surface area contributed by atoms with Crippen molar-refractivity contribution in [3.8, 4) is 18.2 Å². The highest BCUT2D eigenvalue weighted by atomic mass is 15.1. The van der Waals surface area contributed by atoms with Crippen LogP contribution in [0.4, 0.5) is 17.1 Å². The van der Waals surface area contributed by atoms with Crippen molar-refractivity contribution < 1.29 is 0 Å². The largest absolute Gasteiger partial charge is 0.311 e. The molecule has 0 bridgehead atoms. The predicted octanol–water partition coefficient (Wildman–Crippen LogP) is 17.8. The fourth-order valence-electron chi connectivity index (χ4n) is 7.97. The molecule has 0 unspecified atom stereocenters. The maximum absolute atomic E-state index is 9.08. The van der Waals surface area contributed by atoms with Gasteiger partial charge in [0.15, 0.2) is 0 Å². The van der Waals surface area contributed by atoms with Crippen molar-refractivity contribution in [2.45, 2.75) is 0 Å². The van der Waals surface area contributed by atoms with E-state index in [1.165, 1.54) is 0 Å². The van der Waals surface area contributed by atoms with Gasteiger partial charge in [0.05, 0.1) is 34.9 Å². The molecule has 0 fully saturated rings. The van der Waals surface area contributed by atoms with Crippen molar-refractivity contribution in [3.05, 3.63) is 302 Å². The van der Waals surface area contributed by atoms with E-state index in [0.29, 0.717) is 16.7 Å². The minimum absolute atomic E-state index is 0.656. The Kier molecular flexibility index (Phi) is 15.6. The Morgan fingerprint density at radius 1 is 0.192 bits per heavy atom. The van der Waals surface area contributed by atoms with E-state index in [1.807, 2.05) is 72.8 Å². The molecular weight excluding hydrogens is 885 g/mol. The smallest absolute Gasteiger partial charge is 0.0991 e. The average Bonchev–Trinajstić information content (AvgIpc) is 3.46. The quantitative estimate of drug-likeness (QED) is 0.0960. The van der Waals surface area contributed by atoms with E-state index in [9.17, 15) is 0 Å². The second-order valence-electron chi connectivity index (χ2n) is 17.3. The van der Waals surface area contributed by atoms with Crippen LogP contribution in [0.3, 0.4) is 0 Å². The molecule has 0 aliphatic rings. The number of nitrogens with zero attached hydrogens (tertiary/aromatic N) is 4.